The van der Waals surface area contributed by atoms with Crippen molar-refractivity contribution in [2.24, 2.45) is 5.92 Å². The van der Waals surface area contributed by atoms with Gasteiger partial charge in [0, 0.05) is 30.6 Å². The summed E-state index contributed by atoms with van der Waals surface area (Å²) in [5.41, 5.74) is 0. The molecule has 1 fully saturated rings. The number of thiazole rings is 1. The number of carbonyl (C=O) groups excluding carboxylic acids is 1. The van der Waals surface area contributed by atoms with Crippen molar-refractivity contribution in [3.8, 4) is 0 Å². The molecule has 1 aliphatic heterocycles. The van der Waals surface area contributed by atoms with E-state index >= 15 is 0 Å². The van der Waals surface area contributed by atoms with Crippen molar-refractivity contribution in [1.82, 2.24) is 9.29 Å². The minimum absolute atomic E-state index is 0.00708. The first kappa shape index (κ1) is 18.6. The van der Waals surface area contributed by atoms with Crippen LogP contribution in [0, 0.1) is 5.92 Å². The van der Waals surface area contributed by atoms with E-state index in [2.05, 4.69) is 10.3 Å². The molecule has 0 saturated carbocycles. The minimum atomic E-state index is -3.74. The first-order chi connectivity index (χ1) is 11.9. The van der Waals surface area contributed by atoms with E-state index in [0.29, 0.717) is 18.0 Å². The van der Waals surface area contributed by atoms with Crippen molar-refractivity contribution in [2.45, 2.75) is 17.7 Å². The standard InChI is InChI=1S/C15H15Cl2N3O3S2/c16-11-2-1-3-12(13(11)17)25(22,23)20-7-4-10(5-8-20)14(21)19-15-18-6-9-24-15/h1-3,6,9-10H,4-5,7-8H2,(H,18,19,21). The van der Waals surface area contributed by atoms with Crippen LogP contribution in [0.1, 0.15) is 12.8 Å². The molecule has 10 heteroatoms. The Morgan fingerprint density at radius 2 is 2.00 bits per heavy atom. The summed E-state index contributed by atoms with van der Waals surface area (Å²) in [7, 11) is -3.74. The minimum Gasteiger partial charge on any atom is -0.302 e. The molecule has 6 nitrogen and oxygen atoms in total. The smallest absolute Gasteiger partial charge is 0.244 e. The Morgan fingerprint density at radius 3 is 2.64 bits per heavy atom. The number of piperidine rings is 1. The number of sulfonamides is 1. The Morgan fingerprint density at radius 1 is 1.28 bits per heavy atom. The predicted molar refractivity (Wildman–Crippen MR) is 98.7 cm³/mol. The maximum atomic E-state index is 12.8. The molecule has 1 aromatic carbocycles. The molecule has 1 aliphatic rings. The van der Waals surface area contributed by atoms with Gasteiger partial charge < -0.3 is 5.32 Å². The highest BCUT2D eigenvalue weighted by Crippen LogP contribution is 2.32. The number of aromatic nitrogens is 1. The highest BCUT2D eigenvalue weighted by atomic mass is 35.5. The van der Waals surface area contributed by atoms with Crippen molar-refractivity contribution < 1.29 is 13.2 Å². The average Bonchev–Trinajstić information content (AvgIpc) is 3.10. The number of halogens is 2. The Bertz CT molecular complexity index is 864. The lowest BCUT2D eigenvalue weighted by atomic mass is 9.97. The number of rotatable bonds is 4. The highest BCUT2D eigenvalue weighted by Gasteiger charge is 2.33. The molecule has 0 atom stereocenters. The molecular formula is C15H15Cl2N3O3S2. The van der Waals surface area contributed by atoms with Gasteiger partial charge in [-0.2, -0.15) is 4.31 Å². The maximum absolute atomic E-state index is 12.8. The van der Waals surface area contributed by atoms with E-state index in [1.807, 2.05) is 0 Å². The molecule has 25 heavy (non-hydrogen) atoms. The zero-order valence-corrected chi connectivity index (χ0v) is 16.1. The largest absolute Gasteiger partial charge is 0.302 e. The number of benzene rings is 1. The Hall–Kier alpha value is -1.19. The lowest BCUT2D eigenvalue weighted by Gasteiger charge is -2.30. The summed E-state index contributed by atoms with van der Waals surface area (Å²) in [6, 6.07) is 4.53. The number of anilines is 1. The van der Waals surface area contributed by atoms with Crippen LogP contribution in [0.15, 0.2) is 34.7 Å². The van der Waals surface area contributed by atoms with Crippen molar-refractivity contribution >= 4 is 55.6 Å². The molecule has 1 amide bonds. The zero-order valence-electron chi connectivity index (χ0n) is 13.0. The van der Waals surface area contributed by atoms with Crippen LogP contribution in [0.4, 0.5) is 5.13 Å². The lowest BCUT2D eigenvalue weighted by molar-refractivity contribution is -0.120. The summed E-state index contributed by atoms with van der Waals surface area (Å²) in [5, 5.41) is 5.30. The van der Waals surface area contributed by atoms with Gasteiger partial charge in [-0.1, -0.05) is 29.3 Å². The number of hydrogen-bond acceptors (Lipinski definition) is 5. The van der Waals surface area contributed by atoms with Gasteiger partial charge in [0.1, 0.15) is 4.90 Å². The lowest BCUT2D eigenvalue weighted by Crippen LogP contribution is -2.41. The predicted octanol–water partition coefficient (Wildman–Crippen LogP) is 3.49. The maximum Gasteiger partial charge on any atom is 0.244 e. The van der Waals surface area contributed by atoms with Crippen LogP contribution < -0.4 is 5.32 Å². The van der Waals surface area contributed by atoms with Crippen molar-refractivity contribution in [3.63, 3.8) is 0 Å². The molecule has 0 aliphatic carbocycles. The van der Waals surface area contributed by atoms with Crippen molar-refractivity contribution in [2.75, 3.05) is 18.4 Å². The Balaban J connectivity index is 1.67. The fourth-order valence-electron chi connectivity index (χ4n) is 2.67. The summed E-state index contributed by atoms with van der Waals surface area (Å²) in [6.45, 7) is 0.502. The topological polar surface area (TPSA) is 79.4 Å². The molecular weight excluding hydrogens is 405 g/mol. The van der Waals surface area contributed by atoms with E-state index in [-0.39, 0.29) is 39.9 Å². The molecule has 0 spiro atoms. The molecule has 3 rings (SSSR count). The Labute approximate surface area is 159 Å². The summed E-state index contributed by atoms with van der Waals surface area (Å²) in [6.07, 6.45) is 2.49. The van der Waals surface area contributed by atoms with Gasteiger partial charge in [-0.15, -0.1) is 11.3 Å². The summed E-state index contributed by atoms with van der Waals surface area (Å²) in [4.78, 5) is 16.2. The number of nitrogens with zero attached hydrogens (tertiary/aromatic N) is 2. The molecule has 134 valence electrons. The monoisotopic (exact) mass is 419 g/mol. The van der Waals surface area contributed by atoms with Gasteiger partial charge in [-0.3, -0.25) is 4.79 Å². The second kappa shape index (κ2) is 7.59. The SMILES string of the molecule is O=C(Nc1nccs1)C1CCN(S(=O)(=O)c2cccc(Cl)c2Cl)CC1. The van der Waals surface area contributed by atoms with Crippen LogP contribution in [0.25, 0.3) is 0 Å². The third-order valence-corrected chi connectivity index (χ3v) is 7.58. The van der Waals surface area contributed by atoms with Gasteiger partial charge in [0.05, 0.1) is 10.0 Å². The fraction of sp³-hybridized carbons (Fsp3) is 0.333. The van der Waals surface area contributed by atoms with Crippen LogP contribution in [0.5, 0.6) is 0 Å². The average molecular weight is 420 g/mol. The molecule has 1 saturated heterocycles. The van der Waals surface area contributed by atoms with Crippen LogP contribution in [-0.2, 0) is 14.8 Å². The van der Waals surface area contributed by atoms with E-state index < -0.39 is 10.0 Å². The molecule has 1 aromatic heterocycles. The first-order valence-electron chi connectivity index (χ1n) is 7.54. The molecule has 1 N–H and O–H groups in total. The van der Waals surface area contributed by atoms with Gasteiger partial charge in [0.25, 0.3) is 0 Å². The summed E-state index contributed by atoms with van der Waals surface area (Å²) in [5.74, 6) is -0.377. The van der Waals surface area contributed by atoms with Crippen LogP contribution in [-0.4, -0.2) is 36.7 Å². The second-order valence-electron chi connectivity index (χ2n) is 5.56. The molecule has 0 radical (unpaired) electrons. The number of amides is 1. The van der Waals surface area contributed by atoms with Crippen LogP contribution in [0.3, 0.4) is 0 Å². The summed E-state index contributed by atoms with van der Waals surface area (Å²) < 4.78 is 26.9. The van der Waals surface area contributed by atoms with Gasteiger partial charge in [0.2, 0.25) is 15.9 Å². The third-order valence-electron chi connectivity index (χ3n) is 4.02. The normalized spacial score (nSPS) is 16.7. The zero-order chi connectivity index (χ0) is 18.0. The van der Waals surface area contributed by atoms with Crippen LogP contribution in [0.2, 0.25) is 10.0 Å². The van der Waals surface area contributed by atoms with E-state index in [0.717, 1.165) is 0 Å². The number of nitrogens with one attached hydrogen (secondary N) is 1. The van der Waals surface area contributed by atoms with Gasteiger partial charge in [0.15, 0.2) is 5.13 Å². The Kier molecular flexibility index (Phi) is 5.65. The van der Waals surface area contributed by atoms with Crippen molar-refractivity contribution in [1.29, 1.82) is 0 Å². The molecule has 0 unspecified atom stereocenters. The number of carbonyl (C=O) groups is 1. The first-order valence-corrected chi connectivity index (χ1v) is 10.6. The van der Waals surface area contributed by atoms with Crippen molar-refractivity contribution in [3.05, 3.63) is 39.8 Å². The second-order valence-corrected chi connectivity index (χ2v) is 9.14. The third kappa shape index (κ3) is 3.98. The van der Waals surface area contributed by atoms with E-state index in [1.54, 1.807) is 17.6 Å². The van der Waals surface area contributed by atoms with Gasteiger partial charge in [-0.25, -0.2) is 13.4 Å². The van der Waals surface area contributed by atoms with E-state index in [1.165, 1.54) is 27.8 Å². The van der Waals surface area contributed by atoms with Gasteiger partial charge >= 0.3 is 0 Å². The van der Waals surface area contributed by atoms with E-state index in [9.17, 15) is 13.2 Å². The van der Waals surface area contributed by atoms with Crippen LogP contribution >= 0.6 is 34.5 Å². The summed E-state index contributed by atoms with van der Waals surface area (Å²) >= 11 is 13.3. The number of hydrogen-bond donors (Lipinski definition) is 1. The fourth-order valence-corrected chi connectivity index (χ4v) is 5.41. The van der Waals surface area contributed by atoms with E-state index in [4.69, 9.17) is 23.2 Å². The molecule has 2 heterocycles. The van der Waals surface area contributed by atoms with Gasteiger partial charge in [-0.05, 0) is 25.0 Å². The molecule has 2 aromatic rings. The highest BCUT2D eigenvalue weighted by molar-refractivity contribution is 7.89. The molecule has 0 bridgehead atoms. The quantitative estimate of drug-likeness (QED) is 0.822.